The van der Waals surface area contributed by atoms with E-state index < -0.39 is 32.0 Å². The van der Waals surface area contributed by atoms with Crippen LogP contribution < -0.4 is 5.32 Å². The molecule has 0 atom stereocenters. The molecule has 29 heavy (non-hydrogen) atoms. The van der Waals surface area contributed by atoms with Gasteiger partial charge in [0.05, 0.1) is 6.20 Å². The molecule has 3 heterocycles. The van der Waals surface area contributed by atoms with Crippen molar-refractivity contribution in [2.45, 2.75) is 26.5 Å². The number of carbonyl (C=O) groups excluding carboxylic acids is 1. The number of piperidine rings is 1. The van der Waals surface area contributed by atoms with Crippen LogP contribution in [-0.2, 0) is 11.8 Å². The van der Waals surface area contributed by atoms with Gasteiger partial charge >= 0.3 is 0 Å². The molecule has 1 aromatic carbocycles. The van der Waals surface area contributed by atoms with Crippen molar-refractivity contribution in [2.75, 3.05) is 24.9 Å². The number of fused-ring (bicyclic) bond motifs is 1. The number of nitrogens with zero attached hydrogens (tertiary/aromatic N) is 4. The van der Waals surface area contributed by atoms with E-state index in [1.165, 1.54) is 0 Å². The highest BCUT2D eigenvalue weighted by Gasteiger charge is 2.25. The number of anilines is 1. The molecule has 1 fully saturated rings. The number of pyridine rings is 1. The third-order valence-corrected chi connectivity index (χ3v) is 5.15. The van der Waals surface area contributed by atoms with Gasteiger partial charge in [-0.3, -0.25) is 9.48 Å². The average Bonchev–Trinajstić information content (AvgIpc) is 3.28. The van der Waals surface area contributed by atoms with Crippen molar-refractivity contribution >= 4 is 22.5 Å². The van der Waals surface area contributed by atoms with Crippen LogP contribution in [0.2, 0.25) is 0 Å². The molecule has 1 N–H and O–H groups in total. The molecule has 1 saturated heterocycles. The van der Waals surface area contributed by atoms with Gasteiger partial charge in [-0.2, -0.15) is 5.10 Å². The maximum Gasteiger partial charge on any atom is 0.228 e. The second-order valence-corrected chi connectivity index (χ2v) is 7.27. The van der Waals surface area contributed by atoms with Gasteiger partial charge in [0.2, 0.25) is 5.91 Å². The maximum atomic E-state index is 13.0. The van der Waals surface area contributed by atoms with E-state index in [2.05, 4.69) is 15.4 Å². The molecule has 1 aliphatic heterocycles. The van der Waals surface area contributed by atoms with Gasteiger partial charge in [-0.1, -0.05) is 25.8 Å². The number of rotatable bonds is 5. The Morgan fingerprint density at radius 1 is 1.28 bits per heavy atom. The molecule has 0 spiro atoms. The number of aromatic nitrogens is 3. The number of benzene rings is 1. The highest BCUT2D eigenvalue weighted by Crippen LogP contribution is 2.26. The smallest absolute Gasteiger partial charge is 0.228 e. The Hall–Kier alpha value is -2.73. The lowest BCUT2D eigenvalue weighted by Crippen LogP contribution is -2.39. The highest BCUT2D eigenvalue weighted by atomic mass is 16.1. The van der Waals surface area contributed by atoms with Crippen molar-refractivity contribution in [3.8, 4) is 11.1 Å². The lowest BCUT2D eigenvalue weighted by atomic mass is 9.95. The van der Waals surface area contributed by atoms with Gasteiger partial charge in [-0.15, -0.1) is 0 Å². The number of likely N-dealkylation sites (tertiary alicyclic amines) is 1. The average molecular weight is 401 g/mol. The van der Waals surface area contributed by atoms with Crippen molar-refractivity contribution in [3.63, 3.8) is 0 Å². The van der Waals surface area contributed by atoms with Crippen LogP contribution in [0.15, 0.2) is 42.9 Å². The Balaban J connectivity index is 1.45. The Morgan fingerprint density at radius 3 is 2.83 bits per heavy atom. The first-order valence-electron chi connectivity index (χ1n) is 14.0. The third kappa shape index (κ3) is 4.65. The van der Waals surface area contributed by atoms with Crippen molar-refractivity contribution in [1.29, 1.82) is 0 Å². The standard InChI is InChI=1S/C23H29N5O/c1-16(2)14-28-8-6-17(7-9-28)23(29)26-22-11-20-10-18(4-5-19(20)12-24-22)21-13-25-27(3)15-21/h4-5,10-13,15-17H,6-9,14H2,1-3H3,(H,24,26,29)/i1D3,2D3,14D2,16D. The number of hydrogen-bond donors (Lipinski definition) is 1. The van der Waals surface area contributed by atoms with E-state index in [-0.39, 0.29) is 31.8 Å². The monoisotopic (exact) mass is 400 g/mol. The van der Waals surface area contributed by atoms with Gasteiger partial charge in [-0.05, 0) is 54.9 Å². The molecule has 0 saturated carbocycles. The fourth-order valence-corrected chi connectivity index (χ4v) is 3.60. The Morgan fingerprint density at radius 2 is 2.10 bits per heavy atom. The van der Waals surface area contributed by atoms with E-state index in [0.717, 1.165) is 26.8 Å². The van der Waals surface area contributed by atoms with Crippen LogP contribution in [-0.4, -0.2) is 45.2 Å². The van der Waals surface area contributed by atoms with Crippen LogP contribution in [0.3, 0.4) is 0 Å². The van der Waals surface area contributed by atoms with E-state index in [4.69, 9.17) is 12.3 Å². The minimum atomic E-state index is -3.39. The summed E-state index contributed by atoms with van der Waals surface area (Å²) in [6.45, 7) is -9.91. The second kappa shape index (κ2) is 8.33. The van der Waals surface area contributed by atoms with Gasteiger partial charge in [0.25, 0.3) is 0 Å². The van der Waals surface area contributed by atoms with Crippen LogP contribution in [0.5, 0.6) is 0 Å². The Labute approximate surface area is 184 Å². The SMILES string of the molecule is [2H]C([2H])([2H])C([2H])(C([2H])([2H])[2H])C([2H])([2H])N1CCC(C(=O)Nc2cc3cc(-c4cnn(C)c4)ccc3cn2)CC1. The highest BCUT2D eigenvalue weighted by molar-refractivity contribution is 5.95. The van der Waals surface area contributed by atoms with E-state index in [1.54, 1.807) is 23.1 Å². The molecule has 3 aromatic rings. The maximum absolute atomic E-state index is 13.0. The van der Waals surface area contributed by atoms with E-state index in [0.29, 0.717) is 5.82 Å². The molecule has 0 radical (unpaired) electrons. The molecule has 6 heteroatoms. The minimum absolute atomic E-state index is 0.0719. The molecule has 0 aliphatic carbocycles. The molecule has 2 aromatic heterocycles. The topological polar surface area (TPSA) is 63.1 Å². The second-order valence-electron chi connectivity index (χ2n) is 7.27. The quantitative estimate of drug-likeness (QED) is 0.705. The lowest BCUT2D eigenvalue weighted by molar-refractivity contribution is -0.121. The third-order valence-electron chi connectivity index (χ3n) is 5.15. The van der Waals surface area contributed by atoms with E-state index >= 15 is 0 Å². The predicted molar refractivity (Wildman–Crippen MR) is 117 cm³/mol. The van der Waals surface area contributed by atoms with Gasteiger partial charge in [0, 0.05) is 55.1 Å². The summed E-state index contributed by atoms with van der Waals surface area (Å²) in [5, 5.41) is 8.77. The fraction of sp³-hybridized carbons (Fsp3) is 0.435. The molecule has 6 nitrogen and oxygen atoms in total. The van der Waals surface area contributed by atoms with Gasteiger partial charge in [0.15, 0.2) is 0 Å². The van der Waals surface area contributed by atoms with Gasteiger partial charge in [-0.25, -0.2) is 4.98 Å². The Bertz CT molecular complexity index is 1310. The minimum Gasteiger partial charge on any atom is -0.310 e. The molecular weight excluding hydrogens is 362 g/mol. The number of nitrogens with one attached hydrogen (secondary N) is 1. The van der Waals surface area contributed by atoms with Crippen LogP contribution in [0.25, 0.3) is 21.9 Å². The van der Waals surface area contributed by atoms with Crippen LogP contribution in [0.1, 0.15) is 38.9 Å². The largest absolute Gasteiger partial charge is 0.310 e. The van der Waals surface area contributed by atoms with Crippen LogP contribution in [0, 0.1) is 11.8 Å². The summed E-state index contributed by atoms with van der Waals surface area (Å²) in [4.78, 5) is 18.3. The molecule has 152 valence electrons. The zero-order valence-electron chi connectivity index (χ0n) is 25.1. The number of aryl methyl sites for hydroxylation is 1. The van der Waals surface area contributed by atoms with E-state index in [1.807, 2.05) is 31.4 Å². The van der Waals surface area contributed by atoms with Crippen LogP contribution in [0.4, 0.5) is 5.82 Å². The molecule has 0 bridgehead atoms. The lowest BCUT2D eigenvalue weighted by Gasteiger charge is -2.32. The molecular formula is C23H29N5O. The van der Waals surface area contributed by atoms with Gasteiger partial charge in [0.1, 0.15) is 5.82 Å². The van der Waals surface area contributed by atoms with Crippen molar-refractivity contribution in [1.82, 2.24) is 19.7 Å². The summed E-state index contributed by atoms with van der Waals surface area (Å²) >= 11 is 0. The molecule has 4 rings (SSSR count). The Kier molecular flexibility index (Phi) is 3.29. The van der Waals surface area contributed by atoms with Crippen molar-refractivity contribution in [3.05, 3.63) is 42.9 Å². The molecule has 1 amide bonds. The first kappa shape index (κ1) is 11.5. The zero-order valence-corrected chi connectivity index (χ0v) is 16.1. The summed E-state index contributed by atoms with van der Waals surface area (Å²) in [7, 11) is 1.84. The predicted octanol–water partition coefficient (Wildman–Crippen LogP) is 3.94. The zero-order chi connectivity index (χ0) is 28.1. The number of amides is 1. The fourth-order valence-electron chi connectivity index (χ4n) is 3.60. The first-order chi connectivity index (χ1) is 17.5. The normalized spacial score (nSPS) is 22.2. The van der Waals surface area contributed by atoms with Crippen molar-refractivity contribution < 1.29 is 17.1 Å². The summed E-state index contributed by atoms with van der Waals surface area (Å²) in [6, 6.07) is 7.65. The summed E-state index contributed by atoms with van der Waals surface area (Å²) in [5.74, 6) is -3.82. The summed E-state index contributed by atoms with van der Waals surface area (Å²) in [5.41, 5.74) is 1.92. The summed E-state index contributed by atoms with van der Waals surface area (Å²) < 4.78 is 72.4. The molecule has 1 aliphatic rings. The number of carbonyl (C=O) groups is 1. The molecule has 0 unspecified atom stereocenters. The first-order valence-corrected chi connectivity index (χ1v) is 9.49. The number of hydrogen-bond acceptors (Lipinski definition) is 4. The van der Waals surface area contributed by atoms with Gasteiger partial charge < -0.3 is 10.2 Å². The van der Waals surface area contributed by atoms with E-state index in [9.17, 15) is 4.79 Å². The van der Waals surface area contributed by atoms with Crippen LogP contribution >= 0.6 is 0 Å². The summed E-state index contributed by atoms with van der Waals surface area (Å²) in [6.07, 6.45) is 5.67. The van der Waals surface area contributed by atoms with Crippen molar-refractivity contribution in [2.24, 2.45) is 18.9 Å².